The molecule has 1 aliphatic heterocycles. The minimum Gasteiger partial charge on any atom is -0.497 e. The molecule has 0 bridgehead atoms. The van der Waals surface area contributed by atoms with Crippen molar-refractivity contribution in [1.82, 2.24) is 14.8 Å². The van der Waals surface area contributed by atoms with Crippen LogP contribution in [0, 0.1) is 0 Å². The van der Waals surface area contributed by atoms with Gasteiger partial charge in [0, 0.05) is 30.7 Å². The van der Waals surface area contributed by atoms with Crippen molar-refractivity contribution in [3.05, 3.63) is 29.5 Å². The van der Waals surface area contributed by atoms with Gasteiger partial charge in [0.25, 0.3) is 0 Å². The van der Waals surface area contributed by atoms with Gasteiger partial charge in [-0.1, -0.05) is 0 Å². The number of aromatic nitrogens is 1. The van der Waals surface area contributed by atoms with E-state index in [0.29, 0.717) is 11.7 Å². The fourth-order valence-electron chi connectivity index (χ4n) is 3.06. The minimum absolute atomic E-state index is 0.00141. The minimum atomic E-state index is -0.257. The number of hydrogen-bond donors (Lipinski definition) is 1. The van der Waals surface area contributed by atoms with Crippen molar-refractivity contribution in [2.45, 2.75) is 19.4 Å². The summed E-state index contributed by atoms with van der Waals surface area (Å²) in [5.74, 6) is 0.530. The molecule has 116 valence electrons. The highest BCUT2D eigenvalue weighted by Crippen LogP contribution is 2.34. The summed E-state index contributed by atoms with van der Waals surface area (Å²) in [5, 5.41) is 1.57. The summed E-state index contributed by atoms with van der Waals surface area (Å²) in [7, 11) is 5.28. The van der Waals surface area contributed by atoms with E-state index in [-0.39, 0.29) is 11.8 Å². The van der Waals surface area contributed by atoms with E-state index in [1.807, 2.05) is 37.1 Å². The van der Waals surface area contributed by atoms with Crippen molar-refractivity contribution in [3.8, 4) is 5.75 Å². The van der Waals surface area contributed by atoms with E-state index in [1.54, 1.807) is 19.1 Å². The Kier molecular flexibility index (Phi) is 3.56. The first-order valence-electron chi connectivity index (χ1n) is 7.15. The summed E-state index contributed by atoms with van der Waals surface area (Å²) in [4.78, 5) is 19.6. The number of methoxy groups -OCH3 is 1. The van der Waals surface area contributed by atoms with E-state index >= 15 is 0 Å². The molecule has 1 amide bonds. The Labute approximate surface area is 134 Å². The van der Waals surface area contributed by atoms with Gasteiger partial charge in [0.05, 0.1) is 19.6 Å². The molecule has 1 N–H and O–H groups in total. The van der Waals surface area contributed by atoms with Crippen LogP contribution < -0.4 is 4.74 Å². The van der Waals surface area contributed by atoms with Gasteiger partial charge in [0.2, 0.25) is 5.91 Å². The molecule has 5 nitrogen and oxygen atoms in total. The highest BCUT2D eigenvalue weighted by atomic mass is 32.1. The topological polar surface area (TPSA) is 48.6 Å². The Morgan fingerprint density at radius 3 is 2.77 bits per heavy atom. The second-order valence-electron chi connectivity index (χ2n) is 5.69. The van der Waals surface area contributed by atoms with Crippen molar-refractivity contribution in [3.63, 3.8) is 0 Å². The van der Waals surface area contributed by atoms with Crippen LogP contribution in [0.5, 0.6) is 5.75 Å². The Balaban J connectivity index is 2.24. The number of fused-ring (bicyclic) bond motifs is 3. The highest BCUT2D eigenvalue weighted by Gasteiger charge is 2.31. The number of rotatable bonds is 1. The molecular formula is C16H19N3O2S. The Morgan fingerprint density at radius 1 is 1.36 bits per heavy atom. The first-order chi connectivity index (χ1) is 10.4. The molecule has 0 fully saturated rings. The number of carbonyl (C=O) groups is 1. The van der Waals surface area contributed by atoms with Crippen LogP contribution in [0.3, 0.4) is 0 Å². The van der Waals surface area contributed by atoms with Crippen molar-refractivity contribution < 1.29 is 9.53 Å². The van der Waals surface area contributed by atoms with E-state index in [1.165, 1.54) is 0 Å². The van der Waals surface area contributed by atoms with Crippen LogP contribution in [0.1, 0.15) is 24.1 Å². The Hall–Kier alpha value is -2.08. The van der Waals surface area contributed by atoms with E-state index < -0.39 is 0 Å². The van der Waals surface area contributed by atoms with E-state index in [9.17, 15) is 4.79 Å². The largest absolute Gasteiger partial charge is 0.497 e. The van der Waals surface area contributed by atoms with Crippen molar-refractivity contribution in [2.75, 3.05) is 21.2 Å². The molecule has 0 radical (unpaired) electrons. The van der Waals surface area contributed by atoms with Gasteiger partial charge in [0.15, 0.2) is 5.11 Å². The Bertz CT molecular complexity index is 768. The van der Waals surface area contributed by atoms with Crippen LogP contribution in [0.2, 0.25) is 0 Å². The third-order valence-electron chi connectivity index (χ3n) is 4.27. The molecule has 1 aromatic carbocycles. The lowest BCUT2D eigenvalue weighted by atomic mass is 9.95. The average Bonchev–Trinajstić information content (AvgIpc) is 2.87. The smallest absolute Gasteiger partial charge is 0.235 e. The van der Waals surface area contributed by atoms with Crippen LogP contribution in [-0.4, -0.2) is 47.0 Å². The Morgan fingerprint density at radius 2 is 2.09 bits per heavy atom. The molecule has 1 atom stereocenters. The van der Waals surface area contributed by atoms with E-state index in [2.05, 4.69) is 4.98 Å². The molecule has 2 aromatic rings. The van der Waals surface area contributed by atoms with Crippen LogP contribution >= 0.6 is 12.2 Å². The fraction of sp³-hybridized carbons (Fsp3) is 0.375. The molecule has 22 heavy (non-hydrogen) atoms. The maximum Gasteiger partial charge on any atom is 0.235 e. The summed E-state index contributed by atoms with van der Waals surface area (Å²) < 4.78 is 5.32. The quantitative estimate of drug-likeness (QED) is 0.821. The van der Waals surface area contributed by atoms with Crippen LogP contribution in [0.4, 0.5) is 0 Å². The van der Waals surface area contributed by atoms with Crippen LogP contribution in [0.15, 0.2) is 18.2 Å². The lowest BCUT2D eigenvalue weighted by Gasteiger charge is -2.31. The lowest BCUT2D eigenvalue weighted by Crippen LogP contribution is -2.45. The number of nitrogens with zero attached hydrogens (tertiary/aromatic N) is 2. The number of aromatic amines is 1. The summed E-state index contributed by atoms with van der Waals surface area (Å²) in [6.07, 6.45) is 0. The molecule has 0 spiro atoms. The van der Waals surface area contributed by atoms with Gasteiger partial charge in [0.1, 0.15) is 5.75 Å². The van der Waals surface area contributed by atoms with Gasteiger partial charge in [-0.2, -0.15) is 0 Å². The van der Waals surface area contributed by atoms with Crippen molar-refractivity contribution >= 4 is 34.1 Å². The SMILES string of the molecule is COc1ccc2[nH]c3c(c2c1)C(C)C(=O)N(C)C(=S)N(C)C3. The molecule has 6 heteroatoms. The maximum atomic E-state index is 12.7. The molecule has 0 saturated carbocycles. The molecule has 1 aromatic heterocycles. The summed E-state index contributed by atoms with van der Waals surface area (Å²) in [6.45, 7) is 2.57. The first kappa shape index (κ1) is 14.8. The normalized spacial score (nSPS) is 19.2. The zero-order valence-electron chi connectivity index (χ0n) is 13.1. The third-order valence-corrected chi connectivity index (χ3v) is 4.86. The van der Waals surface area contributed by atoms with Crippen molar-refractivity contribution in [2.24, 2.45) is 0 Å². The number of benzene rings is 1. The zero-order valence-corrected chi connectivity index (χ0v) is 14.0. The number of nitrogens with one attached hydrogen (secondary N) is 1. The standard InChI is InChI=1S/C16H19N3O2S/c1-9-14-11-7-10(21-4)5-6-12(11)17-13(14)8-18(2)16(22)19(3)15(9)20/h5-7,9,17H,8H2,1-4H3. The second kappa shape index (κ2) is 5.28. The fourth-order valence-corrected chi connectivity index (χ4v) is 3.22. The molecule has 0 aliphatic carbocycles. The molecule has 0 saturated heterocycles. The van der Waals surface area contributed by atoms with Gasteiger partial charge in [-0.25, -0.2) is 0 Å². The van der Waals surface area contributed by atoms with E-state index in [4.69, 9.17) is 17.0 Å². The first-order valence-corrected chi connectivity index (χ1v) is 7.56. The highest BCUT2D eigenvalue weighted by molar-refractivity contribution is 7.80. The second-order valence-corrected chi connectivity index (χ2v) is 6.05. The van der Waals surface area contributed by atoms with Crippen LogP contribution in [-0.2, 0) is 11.3 Å². The monoisotopic (exact) mass is 317 g/mol. The summed E-state index contributed by atoms with van der Waals surface area (Å²) in [5.41, 5.74) is 3.07. The predicted molar refractivity (Wildman–Crippen MR) is 90.1 cm³/mol. The van der Waals surface area contributed by atoms with Gasteiger partial charge < -0.3 is 14.6 Å². The third kappa shape index (κ3) is 2.14. The van der Waals surface area contributed by atoms with Gasteiger partial charge in [-0.3, -0.25) is 9.69 Å². The summed E-state index contributed by atoms with van der Waals surface area (Å²) in [6, 6.07) is 5.88. The number of hydrogen-bond acceptors (Lipinski definition) is 3. The molecule has 2 heterocycles. The average molecular weight is 317 g/mol. The maximum absolute atomic E-state index is 12.7. The number of carbonyl (C=O) groups excluding carboxylic acids is 1. The number of amides is 1. The van der Waals surface area contributed by atoms with Gasteiger partial charge in [-0.05, 0) is 42.9 Å². The number of thiocarbonyl (C=S) groups is 1. The van der Waals surface area contributed by atoms with Gasteiger partial charge >= 0.3 is 0 Å². The number of likely N-dealkylation sites (N-methyl/N-ethyl adjacent to an activating group) is 1. The summed E-state index contributed by atoms with van der Waals surface area (Å²) >= 11 is 5.37. The van der Waals surface area contributed by atoms with Crippen molar-refractivity contribution in [1.29, 1.82) is 0 Å². The number of ether oxygens (including phenoxy) is 1. The predicted octanol–water partition coefficient (Wildman–Crippen LogP) is 2.47. The lowest BCUT2D eigenvalue weighted by molar-refractivity contribution is -0.128. The molecule has 1 aliphatic rings. The molecule has 1 unspecified atom stereocenters. The molecular weight excluding hydrogens is 298 g/mol. The number of H-pyrrole nitrogens is 1. The zero-order chi connectivity index (χ0) is 16.0. The van der Waals surface area contributed by atoms with Crippen LogP contribution in [0.25, 0.3) is 10.9 Å². The van der Waals surface area contributed by atoms with E-state index in [0.717, 1.165) is 27.9 Å². The van der Waals surface area contributed by atoms with Gasteiger partial charge in [-0.15, -0.1) is 0 Å². The molecule has 3 rings (SSSR count).